The zero-order chi connectivity index (χ0) is 17.8. The molecule has 3 N–H and O–H groups in total. The summed E-state index contributed by atoms with van der Waals surface area (Å²) >= 11 is 6.31. The van der Waals surface area contributed by atoms with E-state index in [1.165, 1.54) is 12.5 Å². The van der Waals surface area contributed by atoms with Crippen molar-refractivity contribution in [1.29, 1.82) is 0 Å². The lowest BCUT2D eigenvalue weighted by Gasteiger charge is -2.21. The Morgan fingerprint density at radius 3 is 2.76 bits per heavy atom. The maximum absolute atomic E-state index is 11.9. The van der Waals surface area contributed by atoms with Crippen molar-refractivity contribution in [2.45, 2.75) is 23.8 Å². The summed E-state index contributed by atoms with van der Waals surface area (Å²) in [5.74, 6) is 0.893. The molecule has 0 saturated heterocycles. The van der Waals surface area contributed by atoms with Crippen molar-refractivity contribution in [2.75, 3.05) is 5.75 Å². The fraction of sp³-hybridized carbons (Fsp3) is 0.375. The average molecular weight is 378 g/mol. The van der Waals surface area contributed by atoms with E-state index < -0.39 is 4.92 Å². The van der Waals surface area contributed by atoms with E-state index in [4.69, 9.17) is 12.2 Å². The van der Waals surface area contributed by atoms with Gasteiger partial charge in [-0.3, -0.25) is 25.8 Å². The number of benzene rings is 1. The number of nitro benzene ring substituents is 1. The molecule has 0 heterocycles. The van der Waals surface area contributed by atoms with Gasteiger partial charge >= 0.3 is 0 Å². The number of para-hydroxylation sites is 1. The highest BCUT2D eigenvalue weighted by atomic mass is 32.2. The van der Waals surface area contributed by atoms with Crippen LogP contribution < -0.4 is 16.2 Å². The van der Waals surface area contributed by atoms with Crippen LogP contribution in [-0.4, -0.2) is 27.7 Å². The number of nitrogens with one attached hydrogen (secondary N) is 3. The Labute approximate surface area is 154 Å². The number of carbonyl (C=O) groups is 1. The van der Waals surface area contributed by atoms with Gasteiger partial charge in [0, 0.05) is 12.1 Å². The molecule has 2 aliphatic rings. The molecule has 2 aliphatic carbocycles. The second kappa shape index (κ2) is 7.83. The molecule has 1 amide bonds. The van der Waals surface area contributed by atoms with Crippen LogP contribution in [0.2, 0.25) is 0 Å². The first-order valence-corrected chi connectivity index (χ1v) is 9.32. The summed E-state index contributed by atoms with van der Waals surface area (Å²) in [5.41, 5.74) is 5.21. The van der Waals surface area contributed by atoms with Crippen LogP contribution in [0, 0.1) is 22.0 Å². The van der Waals surface area contributed by atoms with Crippen molar-refractivity contribution in [3.8, 4) is 0 Å². The molecule has 0 spiro atoms. The molecule has 25 heavy (non-hydrogen) atoms. The SMILES string of the molecule is O=C(CSc1ccccc1[N+](=O)[O-])NNC(=S)N[C@H]1C[C@H]2C=C[C@H]1C2. The number of thiocarbonyl (C=S) groups is 1. The molecule has 0 aliphatic heterocycles. The van der Waals surface area contributed by atoms with Crippen molar-refractivity contribution < 1.29 is 9.72 Å². The average Bonchev–Trinajstić information content (AvgIpc) is 3.21. The van der Waals surface area contributed by atoms with Gasteiger partial charge in [0.2, 0.25) is 5.91 Å². The Hall–Kier alpha value is -2.13. The van der Waals surface area contributed by atoms with Gasteiger partial charge in [-0.15, -0.1) is 11.8 Å². The summed E-state index contributed by atoms with van der Waals surface area (Å²) in [6.07, 6.45) is 6.70. The van der Waals surface area contributed by atoms with Crippen LogP contribution in [0.15, 0.2) is 41.3 Å². The van der Waals surface area contributed by atoms with Gasteiger partial charge in [-0.1, -0.05) is 24.3 Å². The molecule has 2 bridgehead atoms. The minimum Gasteiger partial charge on any atom is -0.358 e. The van der Waals surface area contributed by atoms with Crippen molar-refractivity contribution in [2.24, 2.45) is 11.8 Å². The van der Waals surface area contributed by atoms with Crippen LogP contribution in [-0.2, 0) is 4.79 Å². The van der Waals surface area contributed by atoms with Gasteiger partial charge in [-0.25, -0.2) is 0 Å². The van der Waals surface area contributed by atoms with Gasteiger partial charge in [-0.2, -0.15) is 0 Å². The van der Waals surface area contributed by atoms with Gasteiger partial charge in [0.1, 0.15) is 0 Å². The number of nitrogens with zero attached hydrogens (tertiary/aromatic N) is 1. The quantitative estimate of drug-likeness (QED) is 0.237. The molecule has 3 rings (SSSR count). The number of hydrogen-bond acceptors (Lipinski definition) is 5. The van der Waals surface area contributed by atoms with Gasteiger partial charge in [0.05, 0.1) is 15.6 Å². The lowest BCUT2D eigenvalue weighted by Crippen LogP contribution is -2.50. The summed E-state index contributed by atoms with van der Waals surface area (Å²) in [7, 11) is 0. The molecule has 0 unspecified atom stereocenters. The fourth-order valence-electron chi connectivity index (χ4n) is 3.19. The molecule has 0 radical (unpaired) electrons. The monoisotopic (exact) mass is 378 g/mol. The molecule has 1 aromatic rings. The molecule has 132 valence electrons. The third kappa shape index (κ3) is 4.49. The van der Waals surface area contributed by atoms with Crippen molar-refractivity contribution in [3.63, 3.8) is 0 Å². The van der Waals surface area contributed by atoms with Crippen molar-refractivity contribution in [1.82, 2.24) is 16.2 Å². The number of carbonyl (C=O) groups excluding carboxylic acids is 1. The number of allylic oxidation sites excluding steroid dienone is 1. The third-order valence-corrected chi connectivity index (χ3v) is 5.61. The molecular formula is C16H18N4O3S2. The highest BCUT2D eigenvalue weighted by molar-refractivity contribution is 8.00. The summed E-state index contributed by atoms with van der Waals surface area (Å²) in [4.78, 5) is 22.9. The maximum atomic E-state index is 11.9. The third-order valence-electron chi connectivity index (χ3n) is 4.33. The summed E-state index contributed by atoms with van der Waals surface area (Å²) in [5, 5.41) is 14.6. The smallest absolute Gasteiger partial charge is 0.282 e. The van der Waals surface area contributed by atoms with Crippen LogP contribution in [0.25, 0.3) is 0 Å². The van der Waals surface area contributed by atoms with Crippen LogP contribution in [0.4, 0.5) is 5.69 Å². The first-order valence-electron chi connectivity index (χ1n) is 7.93. The number of fused-ring (bicyclic) bond motifs is 2. The van der Waals surface area contributed by atoms with Crippen molar-refractivity contribution in [3.05, 3.63) is 46.5 Å². The van der Waals surface area contributed by atoms with Crippen LogP contribution in [0.3, 0.4) is 0 Å². The minimum absolute atomic E-state index is 0.00483. The second-order valence-corrected chi connectivity index (χ2v) is 7.47. The molecule has 0 aromatic heterocycles. The molecule has 1 aromatic carbocycles. The van der Waals surface area contributed by atoms with E-state index >= 15 is 0 Å². The topological polar surface area (TPSA) is 96.3 Å². The number of nitro groups is 1. The highest BCUT2D eigenvalue weighted by Crippen LogP contribution is 2.38. The Balaban J connectivity index is 1.40. The highest BCUT2D eigenvalue weighted by Gasteiger charge is 2.35. The molecule has 1 saturated carbocycles. The molecular weight excluding hydrogens is 360 g/mol. The van der Waals surface area contributed by atoms with Crippen LogP contribution in [0.1, 0.15) is 12.8 Å². The van der Waals surface area contributed by atoms with E-state index in [9.17, 15) is 14.9 Å². The Morgan fingerprint density at radius 1 is 1.28 bits per heavy atom. The van der Waals surface area contributed by atoms with E-state index in [0.717, 1.165) is 18.2 Å². The van der Waals surface area contributed by atoms with Gasteiger partial charge < -0.3 is 5.32 Å². The molecule has 7 nitrogen and oxygen atoms in total. The zero-order valence-electron chi connectivity index (χ0n) is 13.3. The standard InChI is InChI=1S/C16H18N4O3S2/c21-15(9-25-14-4-2-1-3-13(14)20(22)23)18-19-16(24)17-12-8-10-5-6-11(12)7-10/h1-6,10-12H,7-9H2,(H,18,21)(H2,17,19,24)/t10-,11-,12-/m0/s1. The van der Waals surface area contributed by atoms with E-state index in [-0.39, 0.29) is 17.3 Å². The lowest BCUT2D eigenvalue weighted by atomic mass is 10.0. The van der Waals surface area contributed by atoms with E-state index in [2.05, 4.69) is 28.3 Å². The second-order valence-electron chi connectivity index (χ2n) is 6.05. The first kappa shape index (κ1) is 17.7. The van der Waals surface area contributed by atoms with E-state index in [1.807, 2.05) is 0 Å². The normalized spacial score (nSPS) is 23.3. The van der Waals surface area contributed by atoms with Crippen molar-refractivity contribution >= 4 is 40.7 Å². The fourth-order valence-corrected chi connectivity index (χ4v) is 4.21. The molecule has 3 atom stereocenters. The largest absolute Gasteiger partial charge is 0.358 e. The van der Waals surface area contributed by atoms with Crippen LogP contribution in [0.5, 0.6) is 0 Å². The van der Waals surface area contributed by atoms with E-state index in [0.29, 0.717) is 27.9 Å². The number of amides is 1. The predicted molar refractivity (Wildman–Crippen MR) is 100.0 cm³/mol. The number of rotatable bonds is 5. The van der Waals surface area contributed by atoms with E-state index in [1.54, 1.807) is 18.2 Å². The Bertz CT molecular complexity index is 725. The Morgan fingerprint density at radius 2 is 2.08 bits per heavy atom. The van der Waals surface area contributed by atoms with Gasteiger partial charge in [0.25, 0.3) is 5.69 Å². The zero-order valence-corrected chi connectivity index (χ0v) is 14.9. The first-order chi connectivity index (χ1) is 12.0. The summed E-state index contributed by atoms with van der Waals surface area (Å²) in [6, 6.07) is 6.65. The number of hydrazine groups is 1. The van der Waals surface area contributed by atoms with Gasteiger partial charge in [-0.05, 0) is 43.0 Å². The predicted octanol–water partition coefficient (Wildman–Crippen LogP) is 2.15. The van der Waals surface area contributed by atoms with Crippen LogP contribution >= 0.6 is 24.0 Å². The molecule has 9 heteroatoms. The summed E-state index contributed by atoms with van der Waals surface area (Å²) < 4.78 is 0. The maximum Gasteiger partial charge on any atom is 0.282 e. The molecule has 1 fully saturated rings. The Kier molecular flexibility index (Phi) is 5.54. The minimum atomic E-state index is -0.457. The lowest BCUT2D eigenvalue weighted by molar-refractivity contribution is -0.387. The summed E-state index contributed by atoms with van der Waals surface area (Å²) in [6.45, 7) is 0. The number of hydrogen-bond donors (Lipinski definition) is 3. The number of thioether (sulfide) groups is 1. The van der Waals surface area contributed by atoms with Gasteiger partial charge in [0.15, 0.2) is 5.11 Å².